The highest BCUT2D eigenvalue weighted by atomic mass is 16.6. The number of hydrogen-bond acceptors (Lipinski definition) is 4. The van der Waals surface area contributed by atoms with Gasteiger partial charge in [0.05, 0.1) is 5.69 Å². The number of carbonyl (C=O) groups excluding carboxylic acids is 1. The fourth-order valence-corrected chi connectivity index (χ4v) is 0.993. The summed E-state index contributed by atoms with van der Waals surface area (Å²) in [5.41, 5.74) is 5.97. The third kappa shape index (κ3) is 0.605. The van der Waals surface area contributed by atoms with Gasteiger partial charge in [0.2, 0.25) is 0 Å². The minimum Gasteiger partial charge on any atom is -0.507 e. The van der Waals surface area contributed by atoms with E-state index in [2.05, 4.69) is 4.74 Å². The molecule has 4 heteroatoms. The Morgan fingerprint density at radius 3 is 2.73 bits per heavy atom. The number of phenols is 1. The number of phenolic OH excluding ortho intramolecular Hbond substituents is 1. The predicted molar refractivity (Wildman–Crippen MR) is 37.5 cm³/mol. The van der Waals surface area contributed by atoms with Crippen molar-refractivity contribution in [3.63, 3.8) is 0 Å². The van der Waals surface area contributed by atoms with Gasteiger partial charge in [0.25, 0.3) is 0 Å². The highest BCUT2D eigenvalue weighted by molar-refractivity contribution is 6.06. The quantitative estimate of drug-likeness (QED) is 0.322. The monoisotopic (exact) mass is 151 g/mol. The van der Waals surface area contributed by atoms with Crippen LogP contribution in [0.25, 0.3) is 0 Å². The maximum atomic E-state index is 10.7. The van der Waals surface area contributed by atoms with E-state index in [0.717, 1.165) is 0 Å². The molecule has 1 aliphatic rings. The fraction of sp³-hybridized carbons (Fsp3) is 0. The summed E-state index contributed by atoms with van der Waals surface area (Å²) in [5.74, 6) is -0.315. The molecule has 0 unspecified atom stereocenters. The molecule has 11 heavy (non-hydrogen) atoms. The number of nitrogens with two attached hydrogens (primary N) is 1. The Kier molecular flexibility index (Phi) is 0.910. The molecule has 0 saturated heterocycles. The molecular weight excluding hydrogens is 146 g/mol. The van der Waals surface area contributed by atoms with E-state index in [4.69, 9.17) is 10.8 Å². The summed E-state index contributed by atoms with van der Waals surface area (Å²) < 4.78 is 4.57. The topological polar surface area (TPSA) is 72.6 Å². The number of fused-ring (bicyclic) bond motifs is 1. The van der Waals surface area contributed by atoms with Gasteiger partial charge in [-0.25, -0.2) is 4.79 Å². The van der Waals surface area contributed by atoms with Crippen molar-refractivity contribution in [3.05, 3.63) is 17.7 Å². The van der Waals surface area contributed by atoms with Crippen molar-refractivity contribution in [3.8, 4) is 11.5 Å². The molecular formula is C7H5NO3. The van der Waals surface area contributed by atoms with Gasteiger partial charge in [-0.15, -0.1) is 0 Å². The Morgan fingerprint density at radius 1 is 1.45 bits per heavy atom. The molecule has 0 bridgehead atoms. The van der Waals surface area contributed by atoms with Crippen LogP contribution in [0.3, 0.4) is 0 Å². The molecule has 0 radical (unpaired) electrons. The van der Waals surface area contributed by atoms with Crippen LogP contribution in [0.4, 0.5) is 5.69 Å². The van der Waals surface area contributed by atoms with Crippen LogP contribution < -0.4 is 10.5 Å². The predicted octanol–water partition coefficient (Wildman–Crippen LogP) is 0.507. The van der Waals surface area contributed by atoms with Crippen LogP contribution in [0.5, 0.6) is 11.5 Å². The zero-order valence-corrected chi connectivity index (χ0v) is 5.50. The lowest BCUT2D eigenvalue weighted by atomic mass is 10.1. The molecule has 2 rings (SSSR count). The van der Waals surface area contributed by atoms with Crippen molar-refractivity contribution in [1.29, 1.82) is 0 Å². The molecule has 0 atom stereocenters. The minimum absolute atomic E-state index is 0.0783. The third-order valence-corrected chi connectivity index (χ3v) is 1.57. The van der Waals surface area contributed by atoms with Crippen LogP contribution in [0.2, 0.25) is 0 Å². The maximum Gasteiger partial charge on any atom is 0.351 e. The van der Waals surface area contributed by atoms with E-state index in [9.17, 15) is 4.79 Å². The Labute approximate surface area is 62.2 Å². The SMILES string of the molecule is Nc1ccc(O)c2c1OC2=O. The first-order valence-electron chi connectivity index (χ1n) is 3.04. The van der Waals surface area contributed by atoms with E-state index in [0.29, 0.717) is 5.69 Å². The molecule has 0 aliphatic carbocycles. The van der Waals surface area contributed by atoms with Crippen molar-refractivity contribution < 1.29 is 14.6 Å². The van der Waals surface area contributed by atoms with Gasteiger partial charge in [0.1, 0.15) is 11.3 Å². The molecule has 0 fully saturated rings. The molecule has 0 spiro atoms. The Morgan fingerprint density at radius 2 is 2.18 bits per heavy atom. The standard InChI is InChI=1S/C7H5NO3/c8-3-1-2-4(9)5-6(3)11-7(5)10/h1-2,9H,8H2. The molecule has 3 N–H and O–H groups in total. The molecule has 4 nitrogen and oxygen atoms in total. The highest BCUT2D eigenvalue weighted by Crippen LogP contribution is 2.40. The second kappa shape index (κ2) is 1.66. The van der Waals surface area contributed by atoms with Crippen LogP contribution in [0, 0.1) is 0 Å². The molecule has 1 aromatic carbocycles. The highest BCUT2D eigenvalue weighted by Gasteiger charge is 2.31. The van der Waals surface area contributed by atoms with E-state index in [1.807, 2.05) is 0 Å². The number of carbonyl (C=O) groups is 1. The second-order valence-electron chi connectivity index (χ2n) is 2.27. The lowest BCUT2D eigenvalue weighted by Gasteiger charge is -2.19. The summed E-state index contributed by atoms with van der Waals surface area (Å²) in [4.78, 5) is 10.7. The van der Waals surface area contributed by atoms with Gasteiger partial charge in [-0.05, 0) is 12.1 Å². The van der Waals surface area contributed by atoms with Crippen LogP contribution in [-0.4, -0.2) is 11.1 Å². The Balaban J connectivity index is 2.71. The first kappa shape index (κ1) is 6.03. The summed E-state index contributed by atoms with van der Waals surface area (Å²) in [6, 6.07) is 2.86. The average molecular weight is 151 g/mol. The number of aromatic hydroxyl groups is 1. The summed E-state index contributed by atoms with van der Waals surface area (Å²) in [5, 5.41) is 9.09. The number of rotatable bonds is 0. The van der Waals surface area contributed by atoms with Crippen molar-refractivity contribution >= 4 is 11.7 Å². The first-order chi connectivity index (χ1) is 5.20. The number of ether oxygens (including phenoxy) is 1. The number of nitrogen functional groups attached to an aromatic ring is 1. The second-order valence-corrected chi connectivity index (χ2v) is 2.27. The van der Waals surface area contributed by atoms with Crippen LogP contribution in [0.15, 0.2) is 12.1 Å². The van der Waals surface area contributed by atoms with Gasteiger partial charge in [-0.3, -0.25) is 0 Å². The zero-order chi connectivity index (χ0) is 8.01. The summed E-state index contributed by atoms with van der Waals surface area (Å²) in [6.07, 6.45) is 0. The first-order valence-corrected chi connectivity index (χ1v) is 3.04. The normalized spacial score (nSPS) is 13.3. The number of benzene rings is 1. The van der Waals surface area contributed by atoms with Crippen molar-refractivity contribution in [2.75, 3.05) is 5.73 Å². The largest absolute Gasteiger partial charge is 0.507 e. The van der Waals surface area contributed by atoms with Gasteiger partial charge < -0.3 is 15.6 Å². The molecule has 1 aromatic rings. The lowest BCUT2D eigenvalue weighted by Crippen LogP contribution is -2.22. The third-order valence-electron chi connectivity index (χ3n) is 1.57. The van der Waals surface area contributed by atoms with E-state index >= 15 is 0 Å². The van der Waals surface area contributed by atoms with Gasteiger partial charge in [0.15, 0.2) is 5.75 Å². The smallest absolute Gasteiger partial charge is 0.351 e. The minimum atomic E-state index is -0.523. The van der Waals surface area contributed by atoms with E-state index < -0.39 is 5.97 Å². The van der Waals surface area contributed by atoms with E-state index in [-0.39, 0.29) is 17.1 Å². The van der Waals surface area contributed by atoms with Crippen molar-refractivity contribution in [2.45, 2.75) is 0 Å². The lowest BCUT2D eigenvalue weighted by molar-refractivity contribution is 0.0655. The van der Waals surface area contributed by atoms with Crippen LogP contribution >= 0.6 is 0 Å². The van der Waals surface area contributed by atoms with Gasteiger partial charge in [-0.1, -0.05) is 0 Å². The zero-order valence-electron chi connectivity index (χ0n) is 5.50. The van der Waals surface area contributed by atoms with E-state index in [1.54, 1.807) is 0 Å². The van der Waals surface area contributed by atoms with Gasteiger partial charge in [-0.2, -0.15) is 0 Å². The van der Waals surface area contributed by atoms with Crippen molar-refractivity contribution in [1.82, 2.24) is 0 Å². The Bertz CT molecular complexity index is 346. The summed E-state index contributed by atoms with van der Waals surface area (Å²) in [7, 11) is 0. The van der Waals surface area contributed by atoms with Gasteiger partial charge in [0, 0.05) is 0 Å². The average Bonchev–Trinajstić information content (AvgIpc) is 1.93. The van der Waals surface area contributed by atoms with Crippen molar-refractivity contribution in [2.24, 2.45) is 0 Å². The number of hydrogen-bond donors (Lipinski definition) is 2. The Hall–Kier alpha value is -1.71. The van der Waals surface area contributed by atoms with E-state index in [1.165, 1.54) is 12.1 Å². The van der Waals surface area contributed by atoms with Crippen LogP contribution in [-0.2, 0) is 0 Å². The number of anilines is 1. The van der Waals surface area contributed by atoms with Crippen LogP contribution in [0.1, 0.15) is 10.4 Å². The maximum absolute atomic E-state index is 10.7. The molecule has 56 valence electrons. The molecule has 1 aliphatic heterocycles. The summed E-state index contributed by atoms with van der Waals surface area (Å²) in [6.45, 7) is 0. The summed E-state index contributed by atoms with van der Waals surface area (Å²) >= 11 is 0. The molecule has 1 heterocycles. The fourth-order valence-electron chi connectivity index (χ4n) is 0.993. The molecule has 0 amide bonds. The number of esters is 1. The molecule has 0 aromatic heterocycles. The molecule has 0 saturated carbocycles. The van der Waals surface area contributed by atoms with Gasteiger partial charge >= 0.3 is 5.97 Å².